The lowest BCUT2D eigenvalue weighted by Gasteiger charge is -2.11. The van der Waals surface area contributed by atoms with Crippen molar-refractivity contribution in [1.29, 1.82) is 0 Å². The van der Waals surface area contributed by atoms with Crippen LogP contribution in [0.15, 0.2) is 40.9 Å². The summed E-state index contributed by atoms with van der Waals surface area (Å²) in [7, 11) is 0. The largest absolute Gasteiger partial charge is 0.489 e. The van der Waals surface area contributed by atoms with Gasteiger partial charge >= 0.3 is 0 Å². The molecule has 2 aromatic rings. The van der Waals surface area contributed by atoms with E-state index in [-0.39, 0.29) is 0 Å². The summed E-state index contributed by atoms with van der Waals surface area (Å²) >= 11 is 3.43. The molecule has 0 heterocycles. The van der Waals surface area contributed by atoms with E-state index in [0.29, 0.717) is 6.61 Å². The fourth-order valence-electron chi connectivity index (χ4n) is 1.80. The molecule has 94 valence electrons. The first kappa shape index (κ1) is 13.0. The third-order valence-corrected chi connectivity index (χ3v) is 3.39. The van der Waals surface area contributed by atoms with E-state index in [1.807, 2.05) is 30.3 Å². The Morgan fingerprint density at radius 1 is 1.17 bits per heavy atom. The first-order valence-electron chi connectivity index (χ1n) is 5.80. The number of anilines is 1. The van der Waals surface area contributed by atoms with E-state index in [1.54, 1.807) is 0 Å². The maximum atomic E-state index is 5.84. The van der Waals surface area contributed by atoms with Crippen LogP contribution in [0.3, 0.4) is 0 Å². The third-order valence-electron chi connectivity index (χ3n) is 2.93. The molecule has 0 unspecified atom stereocenters. The van der Waals surface area contributed by atoms with Gasteiger partial charge in [0.05, 0.1) is 0 Å². The Kier molecular flexibility index (Phi) is 3.92. The van der Waals surface area contributed by atoms with Gasteiger partial charge in [-0.1, -0.05) is 28.1 Å². The lowest BCUT2D eigenvalue weighted by molar-refractivity contribution is 0.304. The molecule has 0 bridgehead atoms. The van der Waals surface area contributed by atoms with Gasteiger partial charge in [-0.3, -0.25) is 0 Å². The van der Waals surface area contributed by atoms with Crippen LogP contribution < -0.4 is 10.5 Å². The Bertz CT molecular complexity index is 546. The minimum Gasteiger partial charge on any atom is -0.489 e. The lowest BCUT2D eigenvalue weighted by Crippen LogP contribution is -1.99. The molecule has 0 spiro atoms. The van der Waals surface area contributed by atoms with Crippen LogP contribution in [0.5, 0.6) is 5.75 Å². The van der Waals surface area contributed by atoms with Gasteiger partial charge in [-0.2, -0.15) is 0 Å². The first-order valence-corrected chi connectivity index (χ1v) is 6.59. The average Bonchev–Trinajstić information content (AvgIpc) is 2.30. The number of halogens is 1. The molecule has 2 N–H and O–H groups in total. The lowest BCUT2D eigenvalue weighted by atomic mass is 10.1. The molecule has 0 atom stereocenters. The maximum Gasteiger partial charge on any atom is 0.122 e. The molecule has 0 aliphatic carbocycles. The molecule has 0 aromatic heterocycles. The van der Waals surface area contributed by atoms with Crippen LogP contribution in [-0.2, 0) is 6.61 Å². The van der Waals surface area contributed by atoms with Gasteiger partial charge in [-0.05, 0) is 54.8 Å². The monoisotopic (exact) mass is 305 g/mol. The van der Waals surface area contributed by atoms with Crippen LogP contribution in [0.4, 0.5) is 5.69 Å². The summed E-state index contributed by atoms with van der Waals surface area (Å²) in [5.41, 5.74) is 10.0. The highest BCUT2D eigenvalue weighted by molar-refractivity contribution is 9.10. The highest BCUT2D eigenvalue weighted by atomic mass is 79.9. The highest BCUT2D eigenvalue weighted by Gasteiger charge is 2.03. The molecule has 2 nitrogen and oxygen atoms in total. The molecule has 0 saturated heterocycles. The van der Waals surface area contributed by atoms with E-state index >= 15 is 0 Å². The molecule has 0 aliphatic rings. The topological polar surface area (TPSA) is 35.2 Å². The Hall–Kier alpha value is -1.48. The van der Waals surface area contributed by atoms with Gasteiger partial charge in [0.15, 0.2) is 0 Å². The molecule has 2 aromatic carbocycles. The fourth-order valence-corrected chi connectivity index (χ4v) is 2.36. The number of hydrogen-bond acceptors (Lipinski definition) is 2. The van der Waals surface area contributed by atoms with E-state index in [9.17, 15) is 0 Å². The molecule has 0 radical (unpaired) electrons. The Morgan fingerprint density at radius 2 is 1.94 bits per heavy atom. The molecule has 2 rings (SSSR count). The predicted octanol–water partition coefficient (Wildman–Crippen LogP) is 4.23. The molecule has 0 amide bonds. The Morgan fingerprint density at radius 3 is 2.67 bits per heavy atom. The van der Waals surface area contributed by atoms with E-state index < -0.39 is 0 Å². The van der Waals surface area contributed by atoms with Gasteiger partial charge in [0.2, 0.25) is 0 Å². The number of hydrogen-bond donors (Lipinski definition) is 1. The van der Waals surface area contributed by atoms with E-state index in [4.69, 9.17) is 10.5 Å². The number of aryl methyl sites for hydroxylation is 1. The van der Waals surface area contributed by atoms with Crippen LogP contribution in [0.2, 0.25) is 0 Å². The summed E-state index contributed by atoms with van der Waals surface area (Å²) in [6.07, 6.45) is 0. The number of ether oxygens (including phenoxy) is 1. The molecule has 18 heavy (non-hydrogen) atoms. The summed E-state index contributed by atoms with van der Waals surface area (Å²) in [5.74, 6) is 0.925. The summed E-state index contributed by atoms with van der Waals surface area (Å²) < 4.78 is 6.81. The van der Waals surface area contributed by atoms with Crippen molar-refractivity contribution in [3.8, 4) is 5.75 Å². The van der Waals surface area contributed by atoms with Crippen molar-refractivity contribution in [2.24, 2.45) is 0 Å². The van der Waals surface area contributed by atoms with Gasteiger partial charge in [0, 0.05) is 10.2 Å². The zero-order valence-electron chi connectivity index (χ0n) is 10.5. The number of nitrogen functional groups attached to an aromatic ring is 1. The highest BCUT2D eigenvalue weighted by Crippen LogP contribution is 2.23. The Labute approximate surface area is 116 Å². The zero-order valence-corrected chi connectivity index (χ0v) is 12.1. The minimum absolute atomic E-state index is 0.522. The van der Waals surface area contributed by atoms with E-state index in [2.05, 4.69) is 35.8 Å². The second-order valence-electron chi connectivity index (χ2n) is 4.38. The van der Waals surface area contributed by atoms with Gasteiger partial charge in [0.1, 0.15) is 12.4 Å². The van der Waals surface area contributed by atoms with Gasteiger partial charge in [-0.25, -0.2) is 0 Å². The van der Waals surface area contributed by atoms with Crippen molar-refractivity contribution in [2.75, 3.05) is 5.73 Å². The fraction of sp³-hybridized carbons (Fsp3) is 0.200. The summed E-state index contributed by atoms with van der Waals surface area (Å²) in [6, 6.07) is 11.9. The van der Waals surface area contributed by atoms with Crippen LogP contribution in [0.25, 0.3) is 0 Å². The van der Waals surface area contributed by atoms with Crippen LogP contribution >= 0.6 is 15.9 Å². The van der Waals surface area contributed by atoms with Gasteiger partial charge < -0.3 is 10.5 Å². The number of nitrogens with two attached hydrogens (primary N) is 1. The first-order chi connectivity index (χ1) is 8.56. The van der Waals surface area contributed by atoms with Crippen molar-refractivity contribution in [2.45, 2.75) is 20.5 Å². The zero-order chi connectivity index (χ0) is 13.1. The molecular formula is C15H16BrNO. The standard InChI is InChI=1S/C15H16BrNO/c1-10-4-3-5-15(11(10)2)18-9-12-6-13(16)8-14(17)7-12/h3-8H,9,17H2,1-2H3. The normalized spacial score (nSPS) is 10.4. The van der Waals surface area contributed by atoms with Crippen molar-refractivity contribution in [1.82, 2.24) is 0 Å². The van der Waals surface area contributed by atoms with Crippen LogP contribution in [0.1, 0.15) is 16.7 Å². The number of benzene rings is 2. The van der Waals surface area contributed by atoms with E-state index in [1.165, 1.54) is 11.1 Å². The molecular weight excluding hydrogens is 290 g/mol. The van der Waals surface area contributed by atoms with Crippen molar-refractivity contribution >= 4 is 21.6 Å². The quantitative estimate of drug-likeness (QED) is 0.861. The van der Waals surface area contributed by atoms with Gasteiger partial charge in [-0.15, -0.1) is 0 Å². The summed E-state index contributed by atoms with van der Waals surface area (Å²) in [6.45, 7) is 4.67. The third kappa shape index (κ3) is 3.05. The predicted molar refractivity (Wildman–Crippen MR) is 78.8 cm³/mol. The van der Waals surface area contributed by atoms with Gasteiger partial charge in [0.25, 0.3) is 0 Å². The molecule has 3 heteroatoms. The van der Waals surface area contributed by atoms with Crippen LogP contribution in [-0.4, -0.2) is 0 Å². The average molecular weight is 306 g/mol. The number of rotatable bonds is 3. The summed E-state index contributed by atoms with van der Waals surface area (Å²) in [5, 5.41) is 0. The second kappa shape index (κ2) is 5.44. The maximum absolute atomic E-state index is 5.84. The minimum atomic E-state index is 0.522. The molecule has 0 fully saturated rings. The smallest absolute Gasteiger partial charge is 0.122 e. The van der Waals surface area contributed by atoms with E-state index in [0.717, 1.165) is 21.5 Å². The SMILES string of the molecule is Cc1cccc(OCc2cc(N)cc(Br)c2)c1C. The van der Waals surface area contributed by atoms with Crippen molar-refractivity contribution in [3.63, 3.8) is 0 Å². The van der Waals surface area contributed by atoms with Crippen LogP contribution in [0, 0.1) is 13.8 Å². The molecule has 0 saturated carbocycles. The Balaban J connectivity index is 2.14. The van der Waals surface area contributed by atoms with Crippen molar-refractivity contribution < 1.29 is 4.74 Å². The summed E-state index contributed by atoms with van der Waals surface area (Å²) in [4.78, 5) is 0. The molecule has 0 aliphatic heterocycles. The van der Waals surface area contributed by atoms with Crippen molar-refractivity contribution in [3.05, 3.63) is 57.6 Å². The second-order valence-corrected chi connectivity index (χ2v) is 5.30.